The van der Waals surface area contributed by atoms with Gasteiger partial charge in [-0.3, -0.25) is 4.79 Å². The minimum atomic E-state index is 0.375. The number of ether oxygens (including phenoxy) is 1. The van der Waals surface area contributed by atoms with E-state index in [1.54, 1.807) is 17.1 Å². The number of pyridine rings is 1. The average molecular weight is 298 g/mol. The zero-order valence-electron chi connectivity index (χ0n) is 12.4. The third-order valence-corrected chi connectivity index (χ3v) is 2.56. The molecule has 0 N–H and O–H groups in total. The lowest BCUT2D eigenvalue weighted by Gasteiger charge is -2.04. The summed E-state index contributed by atoms with van der Waals surface area (Å²) in [6, 6.07) is 1.88. The summed E-state index contributed by atoms with van der Waals surface area (Å²) in [6.07, 6.45) is 5.40. The van der Waals surface area contributed by atoms with Gasteiger partial charge in [0.25, 0.3) is 6.47 Å². The van der Waals surface area contributed by atoms with E-state index < -0.39 is 0 Å². The van der Waals surface area contributed by atoms with Crippen molar-refractivity contribution in [2.24, 2.45) is 0 Å². The molecule has 0 unspecified atom stereocenters. The van der Waals surface area contributed by atoms with Crippen LogP contribution in [0.1, 0.15) is 25.0 Å². The quantitative estimate of drug-likeness (QED) is 0.798. The molecule has 2 aromatic rings. The Kier molecular flexibility index (Phi) is 9.04. The third-order valence-electron chi connectivity index (χ3n) is 2.09. The topological polar surface area (TPSA) is 57.0 Å². The van der Waals surface area contributed by atoms with Gasteiger partial charge in [-0.2, -0.15) is 5.10 Å². The van der Waals surface area contributed by atoms with Crippen molar-refractivity contribution >= 4 is 18.1 Å². The summed E-state index contributed by atoms with van der Waals surface area (Å²) >= 11 is 6.11. The van der Waals surface area contributed by atoms with Crippen molar-refractivity contribution < 1.29 is 9.53 Å². The van der Waals surface area contributed by atoms with E-state index in [4.69, 9.17) is 16.4 Å². The fraction of sp³-hybridized carbons (Fsp3) is 0.357. The molecule has 0 aromatic carbocycles. The van der Waals surface area contributed by atoms with E-state index in [2.05, 4.69) is 14.8 Å². The van der Waals surface area contributed by atoms with Gasteiger partial charge in [0.1, 0.15) is 0 Å². The molecule has 0 saturated carbocycles. The van der Waals surface area contributed by atoms with Crippen LogP contribution >= 0.6 is 11.6 Å². The van der Waals surface area contributed by atoms with E-state index in [1.165, 1.54) is 7.11 Å². The highest BCUT2D eigenvalue weighted by Crippen LogP contribution is 2.21. The van der Waals surface area contributed by atoms with Crippen molar-refractivity contribution in [1.82, 2.24) is 14.8 Å². The number of carbonyl (C=O) groups excluding carboxylic acids is 1. The lowest BCUT2D eigenvalue weighted by Crippen LogP contribution is -1.99. The Balaban J connectivity index is 0.000000521. The summed E-state index contributed by atoms with van der Waals surface area (Å²) in [7, 11) is 1.31. The molecule has 6 heteroatoms. The van der Waals surface area contributed by atoms with Gasteiger partial charge in [-0.15, -0.1) is 0 Å². The minimum Gasteiger partial charge on any atom is -0.471 e. The molecule has 5 nitrogen and oxygen atoms in total. The second kappa shape index (κ2) is 9.97. The predicted molar refractivity (Wildman–Crippen MR) is 80.3 cm³/mol. The van der Waals surface area contributed by atoms with Gasteiger partial charge in [0.15, 0.2) is 5.82 Å². The smallest absolute Gasteiger partial charge is 0.292 e. The molecule has 0 fully saturated rings. The first-order valence-corrected chi connectivity index (χ1v) is 6.57. The van der Waals surface area contributed by atoms with Gasteiger partial charge in [-0.25, -0.2) is 9.67 Å². The van der Waals surface area contributed by atoms with E-state index in [9.17, 15) is 0 Å². The first-order valence-electron chi connectivity index (χ1n) is 6.19. The van der Waals surface area contributed by atoms with Crippen LogP contribution in [0.3, 0.4) is 0 Å². The van der Waals surface area contributed by atoms with Crippen molar-refractivity contribution in [2.45, 2.75) is 27.7 Å². The van der Waals surface area contributed by atoms with Crippen LogP contribution in [0.25, 0.3) is 5.82 Å². The summed E-state index contributed by atoms with van der Waals surface area (Å²) < 4.78 is 5.55. The number of carbonyl (C=O) groups is 1. The molecule has 0 aliphatic heterocycles. The number of aromatic nitrogens is 3. The molecule has 2 rings (SSSR count). The first kappa shape index (κ1) is 18.1. The fourth-order valence-electron chi connectivity index (χ4n) is 1.21. The Morgan fingerprint density at radius 2 is 1.95 bits per heavy atom. The molecule has 110 valence electrons. The molecule has 0 bridgehead atoms. The summed E-state index contributed by atoms with van der Waals surface area (Å²) in [4.78, 5) is 13.1. The van der Waals surface area contributed by atoms with Gasteiger partial charge in [-0.1, -0.05) is 25.4 Å². The molecule has 2 heterocycles. The SMILES string of the molecule is CC.COC=O.Cc1cnn(-c2nccc(C)c2Cl)c1. The van der Waals surface area contributed by atoms with Crippen molar-refractivity contribution in [1.29, 1.82) is 0 Å². The summed E-state index contributed by atoms with van der Waals surface area (Å²) in [5.41, 5.74) is 2.09. The molecule has 20 heavy (non-hydrogen) atoms. The Bertz CT molecular complexity index is 527. The minimum absolute atomic E-state index is 0.375. The Morgan fingerprint density at radius 3 is 2.40 bits per heavy atom. The summed E-state index contributed by atoms with van der Waals surface area (Å²) in [5.74, 6) is 0.680. The van der Waals surface area contributed by atoms with Crippen molar-refractivity contribution in [2.75, 3.05) is 7.11 Å². The zero-order chi connectivity index (χ0) is 15.5. The normalized spacial score (nSPS) is 8.70. The lowest BCUT2D eigenvalue weighted by atomic mass is 10.3. The molecule has 0 aliphatic carbocycles. The molecule has 0 aliphatic rings. The van der Waals surface area contributed by atoms with Gasteiger partial charge < -0.3 is 4.74 Å². The Morgan fingerprint density at radius 1 is 1.35 bits per heavy atom. The molecule has 0 radical (unpaired) electrons. The van der Waals surface area contributed by atoms with Crippen LogP contribution in [0.5, 0.6) is 0 Å². The number of aryl methyl sites for hydroxylation is 2. The molecule has 2 aromatic heterocycles. The van der Waals surface area contributed by atoms with E-state index in [0.29, 0.717) is 17.3 Å². The summed E-state index contributed by atoms with van der Waals surface area (Å²) in [6.45, 7) is 8.30. The number of methoxy groups -OCH3 is 1. The number of halogens is 1. The van der Waals surface area contributed by atoms with Crippen LogP contribution in [-0.4, -0.2) is 28.3 Å². The Labute approximate surface area is 124 Å². The first-order chi connectivity index (χ1) is 9.60. The van der Waals surface area contributed by atoms with E-state index in [1.807, 2.05) is 40.0 Å². The number of rotatable bonds is 2. The highest BCUT2D eigenvalue weighted by atomic mass is 35.5. The molecule has 0 amide bonds. The van der Waals surface area contributed by atoms with Crippen LogP contribution in [0.2, 0.25) is 5.02 Å². The third kappa shape index (κ3) is 5.40. The van der Waals surface area contributed by atoms with Crippen molar-refractivity contribution in [3.05, 3.63) is 40.8 Å². The predicted octanol–water partition coefficient (Wildman–Crippen LogP) is 3.35. The maximum Gasteiger partial charge on any atom is 0.292 e. The second-order valence-electron chi connectivity index (χ2n) is 3.56. The van der Waals surface area contributed by atoms with Gasteiger partial charge in [0, 0.05) is 12.4 Å². The molecular weight excluding hydrogens is 278 g/mol. The standard InChI is InChI=1S/C10H10ClN3.C2H4O2.C2H6/c1-7-5-13-14(6-7)10-9(11)8(2)3-4-12-10;1-4-2-3;1-2/h3-6H,1-2H3;2H,1H3;1-2H3. The largest absolute Gasteiger partial charge is 0.471 e. The number of nitrogens with zero attached hydrogens (tertiary/aromatic N) is 3. The van der Waals surface area contributed by atoms with Crippen LogP contribution in [0, 0.1) is 13.8 Å². The zero-order valence-corrected chi connectivity index (χ0v) is 13.2. The molecular formula is C14H20ClN3O2. The van der Waals surface area contributed by atoms with Gasteiger partial charge in [0.05, 0.1) is 18.3 Å². The molecule has 0 atom stereocenters. The van der Waals surface area contributed by atoms with Crippen molar-refractivity contribution in [3.63, 3.8) is 0 Å². The molecule has 0 spiro atoms. The monoisotopic (exact) mass is 297 g/mol. The summed E-state index contributed by atoms with van der Waals surface area (Å²) in [5, 5.41) is 4.81. The van der Waals surface area contributed by atoms with Gasteiger partial charge in [0.2, 0.25) is 0 Å². The Hall–Kier alpha value is -1.88. The van der Waals surface area contributed by atoms with Crippen molar-refractivity contribution in [3.8, 4) is 5.82 Å². The molecule has 0 saturated heterocycles. The van der Waals surface area contributed by atoms with E-state index in [-0.39, 0.29) is 0 Å². The maximum absolute atomic E-state index is 8.95. The van der Waals surface area contributed by atoms with Gasteiger partial charge >= 0.3 is 0 Å². The second-order valence-corrected chi connectivity index (χ2v) is 3.94. The number of hydrogen-bond acceptors (Lipinski definition) is 4. The fourth-order valence-corrected chi connectivity index (χ4v) is 1.41. The van der Waals surface area contributed by atoms with E-state index in [0.717, 1.165) is 11.1 Å². The number of hydrogen-bond donors (Lipinski definition) is 0. The van der Waals surface area contributed by atoms with Crippen LogP contribution in [0.15, 0.2) is 24.7 Å². The van der Waals surface area contributed by atoms with Crippen LogP contribution in [0.4, 0.5) is 0 Å². The van der Waals surface area contributed by atoms with E-state index >= 15 is 0 Å². The highest BCUT2D eigenvalue weighted by molar-refractivity contribution is 6.32. The van der Waals surface area contributed by atoms with Gasteiger partial charge in [-0.05, 0) is 31.0 Å². The van der Waals surface area contributed by atoms with Crippen LogP contribution < -0.4 is 0 Å². The highest BCUT2D eigenvalue weighted by Gasteiger charge is 2.06. The lowest BCUT2D eigenvalue weighted by molar-refractivity contribution is -0.126. The average Bonchev–Trinajstić information content (AvgIpc) is 2.91. The van der Waals surface area contributed by atoms with Crippen LogP contribution in [-0.2, 0) is 9.53 Å². The maximum atomic E-state index is 8.95.